The van der Waals surface area contributed by atoms with E-state index in [4.69, 9.17) is 15.2 Å². The summed E-state index contributed by atoms with van der Waals surface area (Å²) in [6.07, 6.45) is 1.08. The second-order valence-corrected chi connectivity index (χ2v) is 5.38. The minimum atomic E-state index is 0.643. The van der Waals surface area contributed by atoms with Crippen LogP contribution in [-0.4, -0.2) is 26.3 Å². The van der Waals surface area contributed by atoms with E-state index in [2.05, 4.69) is 17.0 Å². The molecule has 0 atom stereocenters. The van der Waals surface area contributed by atoms with Crippen molar-refractivity contribution in [3.63, 3.8) is 0 Å². The molecule has 3 rings (SSSR count). The molecule has 1 aliphatic heterocycles. The van der Waals surface area contributed by atoms with E-state index in [0.29, 0.717) is 13.2 Å². The maximum absolute atomic E-state index is 5.89. The molecule has 2 aromatic rings. The van der Waals surface area contributed by atoms with Crippen LogP contribution < -0.4 is 20.1 Å². The Morgan fingerprint density at radius 3 is 2.73 bits per heavy atom. The highest BCUT2D eigenvalue weighted by Crippen LogP contribution is 2.29. The minimum Gasteiger partial charge on any atom is -0.494 e. The molecule has 0 saturated heterocycles. The van der Waals surface area contributed by atoms with Gasteiger partial charge in [-0.3, -0.25) is 0 Å². The molecule has 1 aliphatic rings. The summed E-state index contributed by atoms with van der Waals surface area (Å²) in [5.74, 6) is 1.69. The molecule has 0 unspecified atom stereocenters. The Morgan fingerprint density at radius 1 is 1.09 bits per heavy atom. The van der Waals surface area contributed by atoms with E-state index >= 15 is 0 Å². The van der Waals surface area contributed by atoms with Crippen molar-refractivity contribution in [3.05, 3.63) is 48.0 Å². The number of anilines is 2. The van der Waals surface area contributed by atoms with Crippen LogP contribution in [0, 0.1) is 0 Å². The van der Waals surface area contributed by atoms with E-state index in [9.17, 15) is 0 Å². The molecular formula is C18H22N2O2. The third-order valence-electron chi connectivity index (χ3n) is 3.85. The van der Waals surface area contributed by atoms with Crippen LogP contribution in [0.2, 0.25) is 0 Å². The van der Waals surface area contributed by atoms with Crippen LogP contribution >= 0.6 is 0 Å². The molecule has 0 saturated carbocycles. The summed E-state index contributed by atoms with van der Waals surface area (Å²) in [4.78, 5) is 2.33. The Kier molecular flexibility index (Phi) is 4.37. The van der Waals surface area contributed by atoms with Crippen molar-refractivity contribution >= 4 is 11.4 Å². The third-order valence-corrected chi connectivity index (χ3v) is 3.85. The van der Waals surface area contributed by atoms with Gasteiger partial charge in [-0.15, -0.1) is 0 Å². The number of fused-ring (bicyclic) bond motifs is 1. The number of ether oxygens (including phenoxy) is 2. The first-order valence-electron chi connectivity index (χ1n) is 7.75. The quantitative estimate of drug-likeness (QED) is 0.833. The van der Waals surface area contributed by atoms with Crippen LogP contribution in [0.25, 0.3) is 0 Å². The highest BCUT2D eigenvalue weighted by Gasteiger charge is 2.18. The van der Waals surface area contributed by atoms with E-state index in [0.717, 1.165) is 36.7 Å². The summed E-state index contributed by atoms with van der Waals surface area (Å²) in [6, 6.07) is 13.9. The number of hydrogen-bond donors (Lipinski definition) is 1. The van der Waals surface area contributed by atoms with E-state index in [1.54, 1.807) is 0 Å². The van der Waals surface area contributed by atoms with Crippen molar-refractivity contribution in [2.24, 2.45) is 0 Å². The summed E-state index contributed by atoms with van der Waals surface area (Å²) in [5, 5.41) is 0. The molecule has 2 aromatic carbocycles. The first-order chi connectivity index (χ1) is 10.8. The number of rotatable bonds is 6. The normalized spacial score (nSPS) is 13.0. The monoisotopic (exact) mass is 298 g/mol. The largest absolute Gasteiger partial charge is 0.494 e. The summed E-state index contributed by atoms with van der Waals surface area (Å²) in [7, 11) is 0. The highest BCUT2D eigenvalue weighted by molar-refractivity contribution is 5.64. The van der Waals surface area contributed by atoms with Crippen LogP contribution in [0.15, 0.2) is 42.5 Å². The molecule has 0 fully saturated rings. The number of nitrogens with two attached hydrogens (primary N) is 1. The first-order valence-corrected chi connectivity index (χ1v) is 7.75. The lowest BCUT2D eigenvalue weighted by Gasteiger charge is -2.20. The van der Waals surface area contributed by atoms with Crippen LogP contribution in [0.5, 0.6) is 11.5 Å². The molecule has 0 aromatic heterocycles. The smallest absolute Gasteiger partial charge is 0.123 e. The van der Waals surface area contributed by atoms with Gasteiger partial charge in [0.25, 0.3) is 0 Å². The van der Waals surface area contributed by atoms with Gasteiger partial charge < -0.3 is 20.1 Å². The SMILES string of the molecule is CCOc1cccc(OCCN2CCc3ccc(N)cc32)c1. The van der Waals surface area contributed by atoms with E-state index in [1.165, 1.54) is 11.3 Å². The fourth-order valence-electron chi connectivity index (χ4n) is 2.79. The molecule has 22 heavy (non-hydrogen) atoms. The minimum absolute atomic E-state index is 0.643. The summed E-state index contributed by atoms with van der Waals surface area (Å²) in [6.45, 7) is 5.17. The van der Waals surface area contributed by atoms with Crippen molar-refractivity contribution < 1.29 is 9.47 Å². The van der Waals surface area contributed by atoms with Crippen molar-refractivity contribution in [3.8, 4) is 11.5 Å². The van der Waals surface area contributed by atoms with Crippen molar-refractivity contribution in [2.45, 2.75) is 13.3 Å². The molecule has 4 heteroatoms. The zero-order valence-corrected chi connectivity index (χ0v) is 12.9. The van der Waals surface area contributed by atoms with Gasteiger partial charge in [0.2, 0.25) is 0 Å². The zero-order chi connectivity index (χ0) is 15.4. The number of nitrogens with zero attached hydrogens (tertiary/aromatic N) is 1. The first kappa shape index (κ1) is 14.6. The molecule has 0 aliphatic carbocycles. The Hall–Kier alpha value is -2.36. The van der Waals surface area contributed by atoms with Crippen LogP contribution in [0.4, 0.5) is 11.4 Å². The lowest BCUT2D eigenvalue weighted by atomic mass is 10.1. The van der Waals surface area contributed by atoms with Gasteiger partial charge in [0.1, 0.15) is 18.1 Å². The number of benzene rings is 2. The summed E-state index contributed by atoms with van der Waals surface area (Å²) in [5.41, 5.74) is 9.31. The van der Waals surface area contributed by atoms with Gasteiger partial charge in [-0.2, -0.15) is 0 Å². The number of nitrogen functional groups attached to an aromatic ring is 1. The fourth-order valence-corrected chi connectivity index (χ4v) is 2.79. The lowest BCUT2D eigenvalue weighted by Crippen LogP contribution is -2.26. The van der Waals surface area contributed by atoms with Crippen LogP contribution in [0.3, 0.4) is 0 Å². The molecular weight excluding hydrogens is 276 g/mol. The topological polar surface area (TPSA) is 47.7 Å². The van der Waals surface area contributed by atoms with Crippen molar-refractivity contribution in [1.82, 2.24) is 0 Å². The summed E-state index contributed by atoms with van der Waals surface area (Å²) >= 11 is 0. The molecule has 0 amide bonds. The second-order valence-electron chi connectivity index (χ2n) is 5.38. The molecule has 4 nitrogen and oxygen atoms in total. The van der Waals surface area contributed by atoms with Crippen LogP contribution in [0.1, 0.15) is 12.5 Å². The van der Waals surface area contributed by atoms with Gasteiger partial charge in [0.15, 0.2) is 0 Å². The van der Waals surface area contributed by atoms with Gasteiger partial charge >= 0.3 is 0 Å². The molecule has 0 bridgehead atoms. The van der Waals surface area contributed by atoms with Gasteiger partial charge in [-0.25, -0.2) is 0 Å². The zero-order valence-electron chi connectivity index (χ0n) is 12.9. The van der Waals surface area contributed by atoms with Gasteiger partial charge in [-0.05, 0) is 43.2 Å². The fraction of sp³-hybridized carbons (Fsp3) is 0.333. The lowest BCUT2D eigenvalue weighted by molar-refractivity contribution is 0.314. The maximum Gasteiger partial charge on any atom is 0.123 e. The van der Waals surface area contributed by atoms with Crippen LogP contribution in [-0.2, 0) is 6.42 Å². The molecule has 116 valence electrons. The van der Waals surface area contributed by atoms with Gasteiger partial charge in [0.05, 0.1) is 13.2 Å². The molecule has 2 N–H and O–H groups in total. The summed E-state index contributed by atoms with van der Waals surface area (Å²) < 4.78 is 11.3. The average Bonchev–Trinajstić information content (AvgIpc) is 2.91. The van der Waals surface area contributed by atoms with Gasteiger partial charge in [0, 0.05) is 24.0 Å². The third kappa shape index (κ3) is 3.27. The molecule has 1 heterocycles. The van der Waals surface area contributed by atoms with E-state index in [1.807, 2.05) is 37.3 Å². The van der Waals surface area contributed by atoms with Crippen molar-refractivity contribution in [2.75, 3.05) is 36.9 Å². The standard InChI is InChI=1S/C18H22N2O2/c1-2-21-16-4-3-5-17(13-16)22-11-10-20-9-8-14-6-7-15(19)12-18(14)20/h3-7,12-13H,2,8-11,19H2,1H3. The van der Waals surface area contributed by atoms with Gasteiger partial charge in [-0.1, -0.05) is 12.1 Å². The Bertz CT molecular complexity index is 643. The van der Waals surface area contributed by atoms with Crippen molar-refractivity contribution in [1.29, 1.82) is 0 Å². The second kappa shape index (κ2) is 6.60. The van der Waals surface area contributed by atoms with E-state index < -0.39 is 0 Å². The Morgan fingerprint density at radius 2 is 1.91 bits per heavy atom. The molecule has 0 spiro atoms. The Balaban J connectivity index is 1.56. The Labute approximate surface area is 131 Å². The predicted molar refractivity (Wildman–Crippen MR) is 89.9 cm³/mol. The maximum atomic E-state index is 5.89. The molecule has 0 radical (unpaired) electrons. The predicted octanol–water partition coefficient (Wildman–Crippen LogP) is 3.11. The highest BCUT2D eigenvalue weighted by atomic mass is 16.5. The number of hydrogen-bond acceptors (Lipinski definition) is 4. The van der Waals surface area contributed by atoms with E-state index in [-0.39, 0.29) is 0 Å². The average molecular weight is 298 g/mol.